The fourth-order valence-corrected chi connectivity index (χ4v) is 5.92. The number of aryl methyl sites for hydroxylation is 1. The van der Waals surface area contributed by atoms with Gasteiger partial charge in [0.05, 0.1) is 6.20 Å². The molecular formula is C18H29N3. The van der Waals surface area contributed by atoms with Crippen LogP contribution in [-0.2, 0) is 6.54 Å². The van der Waals surface area contributed by atoms with Crippen molar-refractivity contribution in [2.45, 2.75) is 58.5 Å². The highest BCUT2D eigenvalue weighted by Gasteiger charge is 2.50. The number of nitrogens with one attached hydrogen (secondary N) is 1. The van der Waals surface area contributed by atoms with Crippen LogP contribution in [0.3, 0.4) is 0 Å². The second kappa shape index (κ2) is 5.42. The third-order valence-corrected chi connectivity index (χ3v) is 6.44. The summed E-state index contributed by atoms with van der Waals surface area (Å²) in [5, 5.41) is 8.34. The van der Waals surface area contributed by atoms with Crippen molar-refractivity contribution in [3.8, 4) is 0 Å². The van der Waals surface area contributed by atoms with E-state index in [2.05, 4.69) is 41.3 Å². The standard InChI is InChI=1S/C18H29N3/c1-3-19-18(16-10-20-21(4-2)11-16)17-14-6-12-5-13(8-14)9-15(17)7-12/h10-15,17-19H,3-9H2,1-2H3. The first-order valence-corrected chi connectivity index (χ1v) is 9.04. The van der Waals surface area contributed by atoms with Gasteiger partial charge in [-0.25, -0.2) is 0 Å². The van der Waals surface area contributed by atoms with Crippen molar-refractivity contribution in [2.24, 2.45) is 29.6 Å². The highest BCUT2D eigenvalue weighted by Crippen LogP contribution is 2.59. The van der Waals surface area contributed by atoms with Crippen LogP contribution >= 0.6 is 0 Å². The molecule has 0 saturated heterocycles. The summed E-state index contributed by atoms with van der Waals surface area (Å²) < 4.78 is 2.08. The zero-order valence-electron chi connectivity index (χ0n) is 13.5. The van der Waals surface area contributed by atoms with E-state index in [1.807, 2.05) is 0 Å². The van der Waals surface area contributed by atoms with Gasteiger partial charge >= 0.3 is 0 Å². The first-order valence-electron chi connectivity index (χ1n) is 9.04. The van der Waals surface area contributed by atoms with Crippen LogP contribution in [0, 0.1) is 29.6 Å². The molecule has 1 heterocycles. The first-order chi connectivity index (χ1) is 10.3. The molecule has 4 aliphatic rings. The van der Waals surface area contributed by atoms with Crippen LogP contribution < -0.4 is 5.32 Å². The second-order valence-corrected chi connectivity index (χ2v) is 7.67. The molecule has 1 aromatic heterocycles. The SMILES string of the molecule is CCNC(c1cnn(CC)c1)C1C2CC3CC(C2)CC1C3. The second-order valence-electron chi connectivity index (χ2n) is 7.67. The lowest BCUT2D eigenvalue weighted by Crippen LogP contribution is -2.49. The molecular weight excluding hydrogens is 258 g/mol. The number of hydrogen-bond donors (Lipinski definition) is 1. The maximum Gasteiger partial charge on any atom is 0.0537 e. The van der Waals surface area contributed by atoms with E-state index in [9.17, 15) is 0 Å². The molecule has 5 rings (SSSR count). The van der Waals surface area contributed by atoms with E-state index in [0.717, 1.165) is 42.7 Å². The summed E-state index contributed by atoms with van der Waals surface area (Å²) in [6, 6.07) is 0.533. The molecule has 0 amide bonds. The van der Waals surface area contributed by atoms with E-state index in [1.54, 1.807) is 6.42 Å². The van der Waals surface area contributed by atoms with Gasteiger partial charge in [-0.05, 0) is 75.2 Å². The van der Waals surface area contributed by atoms with Crippen molar-refractivity contribution in [3.05, 3.63) is 18.0 Å². The molecule has 1 atom stereocenters. The normalized spacial score (nSPS) is 38.9. The Hall–Kier alpha value is -0.830. The van der Waals surface area contributed by atoms with Crippen molar-refractivity contribution in [1.29, 1.82) is 0 Å². The Morgan fingerprint density at radius 3 is 2.33 bits per heavy atom. The molecule has 1 unspecified atom stereocenters. The number of rotatable bonds is 5. The van der Waals surface area contributed by atoms with E-state index in [4.69, 9.17) is 0 Å². The lowest BCUT2D eigenvalue weighted by Gasteiger charge is -2.56. The quantitative estimate of drug-likeness (QED) is 0.896. The molecule has 0 aliphatic heterocycles. The van der Waals surface area contributed by atoms with Gasteiger partial charge in [-0.3, -0.25) is 4.68 Å². The molecule has 4 aliphatic carbocycles. The highest BCUT2D eigenvalue weighted by molar-refractivity contribution is 5.15. The van der Waals surface area contributed by atoms with Gasteiger partial charge < -0.3 is 5.32 Å². The molecule has 116 valence electrons. The van der Waals surface area contributed by atoms with Crippen LogP contribution in [0.1, 0.15) is 57.6 Å². The molecule has 1 aromatic rings. The number of nitrogens with zero attached hydrogens (tertiary/aromatic N) is 2. The molecule has 0 spiro atoms. The van der Waals surface area contributed by atoms with Gasteiger partial charge in [-0.1, -0.05) is 6.92 Å². The van der Waals surface area contributed by atoms with Crippen molar-refractivity contribution in [3.63, 3.8) is 0 Å². The van der Waals surface area contributed by atoms with Gasteiger partial charge in [0, 0.05) is 24.3 Å². The lowest BCUT2D eigenvalue weighted by atomic mass is 9.50. The predicted octanol–water partition coefficient (Wildman–Crippen LogP) is 3.63. The first kappa shape index (κ1) is 13.8. The minimum absolute atomic E-state index is 0.533. The molecule has 4 fully saturated rings. The van der Waals surface area contributed by atoms with Gasteiger partial charge in [0.1, 0.15) is 0 Å². The molecule has 21 heavy (non-hydrogen) atoms. The smallest absolute Gasteiger partial charge is 0.0537 e. The summed E-state index contributed by atoms with van der Waals surface area (Å²) in [6.45, 7) is 6.44. The van der Waals surface area contributed by atoms with Crippen LogP contribution in [0.25, 0.3) is 0 Å². The van der Waals surface area contributed by atoms with E-state index < -0.39 is 0 Å². The van der Waals surface area contributed by atoms with E-state index in [1.165, 1.54) is 31.2 Å². The van der Waals surface area contributed by atoms with Gasteiger partial charge in [0.2, 0.25) is 0 Å². The van der Waals surface area contributed by atoms with Crippen LogP contribution in [-0.4, -0.2) is 16.3 Å². The van der Waals surface area contributed by atoms with Crippen molar-refractivity contribution >= 4 is 0 Å². The average molecular weight is 287 g/mol. The van der Waals surface area contributed by atoms with E-state index >= 15 is 0 Å². The maximum absolute atomic E-state index is 4.53. The molecule has 0 aromatic carbocycles. The maximum atomic E-state index is 4.53. The zero-order valence-corrected chi connectivity index (χ0v) is 13.5. The Labute approximate surface area is 128 Å². The highest BCUT2D eigenvalue weighted by atomic mass is 15.3. The summed E-state index contributed by atoms with van der Waals surface area (Å²) in [7, 11) is 0. The topological polar surface area (TPSA) is 29.9 Å². The molecule has 3 nitrogen and oxygen atoms in total. The van der Waals surface area contributed by atoms with Crippen molar-refractivity contribution < 1.29 is 0 Å². The van der Waals surface area contributed by atoms with Crippen LogP contribution in [0.15, 0.2) is 12.4 Å². The minimum Gasteiger partial charge on any atom is -0.310 e. The minimum atomic E-state index is 0.533. The summed E-state index contributed by atoms with van der Waals surface area (Å²) >= 11 is 0. The van der Waals surface area contributed by atoms with Crippen LogP contribution in [0.4, 0.5) is 0 Å². The fraction of sp³-hybridized carbons (Fsp3) is 0.833. The molecule has 4 bridgehead atoms. The third kappa shape index (κ3) is 2.34. The third-order valence-electron chi connectivity index (χ3n) is 6.44. The molecule has 1 N–H and O–H groups in total. The van der Waals surface area contributed by atoms with Gasteiger partial charge in [-0.15, -0.1) is 0 Å². The van der Waals surface area contributed by atoms with Gasteiger partial charge in [-0.2, -0.15) is 5.10 Å². The Morgan fingerprint density at radius 1 is 1.14 bits per heavy atom. The van der Waals surface area contributed by atoms with E-state index in [-0.39, 0.29) is 0 Å². The van der Waals surface area contributed by atoms with Gasteiger partial charge in [0.15, 0.2) is 0 Å². The Balaban J connectivity index is 1.61. The van der Waals surface area contributed by atoms with Crippen molar-refractivity contribution in [2.75, 3.05) is 6.54 Å². The zero-order chi connectivity index (χ0) is 14.4. The monoisotopic (exact) mass is 287 g/mol. The van der Waals surface area contributed by atoms with Crippen molar-refractivity contribution in [1.82, 2.24) is 15.1 Å². The molecule has 0 radical (unpaired) electrons. The van der Waals surface area contributed by atoms with E-state index in [0.29, 0.717) is 6.04 Å². The largest absolute Gasteiger partial charge is 0.310 e. The van der Waals surface area contributed by atoms with Crippen LogP contribution in [0.2, 0.25) is 0 Å². The van der Waals surface area contributed by atoms with Gasteiger partial charge in [0.25, 0.3) is 0 Å². The molecule has 3 heteroatoms. The number of hydrogen-bond acceptors (Lipinski definition) is 2. The molecule has 4 saturated carbocycles. The predicted molar refractivity (Wildman–Crippen MR) is 84.9 cm³/mol. The Bertz CT molecular complexity index is 464. The summed E-state index contributed by atoms with van der Waals surface area (Å²) in [4.78, 5) is 0. The summed E-state index contributed by atoms with van der Waals surface area (Å²) in [5.41, 5.74) is 1.43. The average Bonchev–Trinajstić information content (AvgIpc) is 2.93. The van der Waals surface area contributed by atoms with Crippen LogP contribution in [0.5, 0.6) is 0 Å². The lowest BCUT2D eigenvalue weighted by molar-refractivity contribution is -0.0523. The number of aromatic nitrogens is 2. The Kier molecular flexibility index (Phi) is 3.56. The Morgan fingerprint density at radius 2 is 1.81 bits per heavy atom. The summed E-state index contributed by atoms with van der Waals surface area (Å²) in [5.74, 6) is 4.91. The fourth-order valence-electron chi connectivity index (χ4n) is 5.92. The summed E-state index contributed by atoms with van der Waals surface area (Å²) in [6.07, 6.45) is 11.9.